The van der Waals surface area contributed by atoms with Crippen molar-refractivity contribution in [1.29, 1.82) is 0 Å². The molecule has 0 spiro atoms. The lowest BCUT2D eigenvalue weighted by atomic mass is 10.0. The van der Waals surface area contributed by atoms with Gasteiger partial charge in [-0.25, -0.2) is 13.5 Å². The van der Waals surface area contributed by atoms with Gasteiger partial charge in [0.25, 0.3) is 0 Å². The topological polar surface area (TPSA) is 17.8 Å². The summed E-state index contributed by atoms with van der Waals surface area (Å²) in [5.74, 6) is -0.613. The van der Waals surface area contributed by atoms with Crippen molar-refractivity contribution in [3.05, 3.63) is 71.1 Å². The molecule has 2 nitrogen and oxygen atoms in total. The third-order valence-corrected chi connectivity index (χ3v) is 4.20. The third-order valence-electron chi connectivity index (χ3n) is 4.01. The normalized spacial score (nSPS) is 11.0. The van der Waals surface area contributed by atoms with Crippen LogP contribution in [-0.4, -0.2) is 15.7 Å². The first-order valence-electron chi connectivity index (χ1n) is 7.67. The van der Waals surface area contributed by atoms with E-state index >= 15 is 0 Å². The number of alkyl halides is 1. The van der Waals surface area contributed by atoms with Gasteiger partial charge in [0.15, 0.2) is 0 Å². The molecule has 2 aromatic carbocycles. The standard InChI is InChI=1S/C19H17ClF2N2/c1-12-19(15-9-16(21)11-17(22)10-15)13(2)24(23-12)18-5-3-14(4-6-18)7-8-20/h3-6,9-11H,7-8H2,1-2H3. The molecule has 0 unspecified atom stereocenters. The highest BCUT2D eigenvalue weighted by atomic mass is 35.5. The molecule has 0 N–H and O–H groups in total. The maximum Gasteiger partial charge on any atom is 0.126 e. The minimum absolute atomic E-state index is 0.493. The van der Waals surface area contributed by atoms with Gasteiger partial charge in [-0.2, -0.15) is 5.10 Å². The van der Waals surface area contributed by atoms with Crippen molar-refractivity contribution in [2.75, 3.05) is 5.88 Å². The number of halogens is 3. The minimum Gasteiger partial charge on any atom is -0.237 e. The zero-order valence-corrected chi connectivity index (χ0v) is 14.2. The average Bonchev–Trinajstić information content (AvgIpc) is 2.82. The Morgan fingerprint density at radius 1 is 1.00 bits per heavy atom. The predicted molar refractivity (Wildman–Crippen MR) is 92.8 cm³/mol. The molecule has 0 aliphatic carbocycles. The maximum absolute atomic E-state index is 13.5. The zero-order chi connectivity index (χ0) is 17.3. The predicted octanol–water partition coefficient (Wildman–Crippen LogP) is 5.22. The van der Waals surface area contributed by atoms with Crippen molar-refractivity contribution < 1.29 is 8.78 Å². The first-order valence-corrected chi connectivity index (χ1v) is 8.21. The second-order valence-corrected chi connectivity index (χ2v) is 6.10. The van der Waals surface area contributed by atoms with Gasteiger partial charge in [-0.1, -0.05) is 12.1 Å². The van der Waals surface area contributed by atoms with Crippen molar-refractivity contribution in [1.82, 2.24) is 9.78 Å². The highest BCUT2D eigenvalue weighted by Gasteiger charge is 2.16. The van der Waals surface area contributed by atoms with E-state index in [9.17, 15) is 8.78 Å². The molecule has 0 bridgehead atoms. The molecule has 124 valence electrons. The second-order valence-electron chi connectivity index (χ2n) is 5.72. The summed E-state index contributed by atoms with van der Waals surface area (Å²) in [6.45, 7) is 3.73. The van der Waals surface area contributed by atoms with E-state index in [-0.39, 0.29) is 0 Å². The smallest absolute Gasteiger partial charge is 0.126 e. The third kappa shape index (κ3) is 3.20. The molecule has 0 amide bonds. The molecule has 0 radical (unpaired) electrons. The molecular weight excluding hydrogens is 330 g/mol. The van der Waals surface area contributed by atoms with Crippen molar-refractivity contribution >= 4 is 11.6 Å². The Morgan fingerprint density at radius 3 is 2.21 bits per heavy atom. The molecule has 24 heavy (non-hydrogen) atoms. The highest BCUT2D eigenvalue weighted by molar-refractivity contribution is 6.17. The molecule has 1 heterocycles. The van der Waals surface area contributed by atoms with Crippen molar-refractivity contribution in [3.8, 4) is 16.8 Å². The molecule has 1 aromatic heterocycles. The van der Waals surface area contributed by atoms with E-state index in [1.54, 1.807) is 4.68 Å². The van der Waals surface area contributed by atoms with Crippen LogP contribution in [0.25, 0.3) is 16.8 Å². The molecule has 0 saturated heterocycles. The van der Waals surface area contributed by atoms with Crippen LogP contribution in [0.4, 0.5) is 8.78 Å². The lowest BCUT2D eigenvalue weighted by molar-refractivity contribution is 0.584. The van der Waals surface area contributed by atoms with Gasteiger partial charge in [0.2, 0.25) is 0 Å². The first kappa shape index (κ1) is 16.7. The maximum atomic E-state index is 13.5. The SMILES string of the molecule is Cc1nn(-c2ccc(CCCl)cc2)c(C)c1-c1cc(F)cc(F)c1. The number of hydrogen-bond acceptors (Lipinski definition) is 1. The number of aromatic nitrogens is 2. The summed E-state index contributed by atoms with van der Waals surface area (Å²) in [6, 6.07) is 11.5. The summed E-state index contributed by atoms with van der Waals surface area (Å²) < 4.78 is 28.9. The summed E-state index contributed by atoms with van der Waals surface area (Å²) >= 11 is 5.76. The van der Waals surface area contributed by atoms with Crippen LogP contribution in [0.3, 0.4) is 0 Å². The molecule has 0 aliphatic heterocycles. The van der Waals surface area contributed by atoms with Crippen LogP contribution in [-0.2, 0) is 6.42 Å². The summed E-state index contributed by atoms with van der Waals surface area (Å²) in [5, 5.41) is 4.54. The van der Waals surface area contributed by atoms with Crippen LogP contribution in [0.5, 0.6) is 0 Å². The van der Waals surface area contributed by atoms with Gasteiger partial charge in [-0.3, -0.25) is 0 Å². The lowest BCUT2D eigenvalue weighted by Crippen LogP contribution is -1.99. The largest absolute Gasteiger partial charge is 0.237 e. The molecule has 3 rings (SSSR count). The van der Waals surface area contributed by atoms with E-state index in [2.05, 4.69) is 5.10 Å². The monoisotopic (exact) mass is 346 g/mol. The van der Waals surface area contributed by atoms with E-state index in [0.717, 1.165) is 40.7 Å². The van der Waals surface area contributed by atoms with Crippen molar-refractivity contribution in [2.45, 2.75) is 20.3 Å². The van der Waals surface area contributed by atoms with E-state index in [4.69, 9.17) is 11.6 Å². The van der Waals surface area contributed by atoms with Crippen LogP contribution >= 0.6 is 11.6 Å². The van der Waals surface area contributed by atoms with Crippen LogP contribution in [0.1, 0.15) is 17.0 Å². The zero-order valence-electron chi connectivity index (χ0n) is 13.5. The number of nitrogens with zero attached hydrogens (tertiary/aromatic N) is 2. The number of aryl methyl sites for hydroxylation is 2. The van der Waals surface area contributed by atoms with Crippen molar-refractivity contribution in [3.63, 3.8) is 0 Å². The summed E-state index contributed by atoms with van der Waals surface area (Å²) in [6.07, 6.45) is 0.812. The number of benzene rings is 2. The Labute approximate surface area is 144 Å². The molecule has 0 fully saturated rings. The minimum atomic E-state index is -0.595. The summed E-state index contributed by atoms with van der Waals surface area (Å²) in [5.41, 5.74) is 4.86. The quantitative estimate of drug-likeness (QED) is 0.592. The van der Waals surface area contributed by atoms with Gasteiger partial charge in [0.05, 0.1) is 11.4 Å². The fourth-order valence-corrected chi connectivity index (χ4v) is 3.14. The van der Waals surface area contributed by atoms with E-state index in [1.807, 2.05) is 38.1 Å². The van der Waals surface area contributed by atoms with Gasteiger partial charge < -0.3 is 0 Å². The van der Waals surface area contributed by atoms with Crippen LogP contribution in [0.2, 0.25) is 0 Å². The highest BCUT2D eigenvalue weighted by Crippen LogP contribution is 2.30. The molecule has 0 saturated carbocycles. The lowest BCUT2D eigenvalue weighted by Gasteiger charge is -2.07. The van der Waals surface area contributed by atoms with Crippen LogP contribution in [0, 0.1) is 25.5 Å². The molecule has 0 atom stereocenters. The molecule has 5 heteroatoms. The van der Waals surface area contributed by atoms with Crippen LogP contribution in [0.15, 0.2) is 42.5 Å². The molecule has 0 aliphatic rings. The Hall–Kier alpha value is -2.20. The molecular formula is C19H17ClF2N2. The second kappa shape index (κ2) is 6.73. The fourth-order valence-electron chi connectivity index (χ4n) is 2.92. The van der Waals surface area contributed by atoms with Gasteiger partial charge in [0, 0.05) is 23.2 Å². The van der Waals surface area contributed by atoms with E-state index in [0.29, 0.717) is 11.4 Å². The van der Waals surface area contributed by atoms with E-state index < -0.39 is 11.6 Å². The van der Waals surface area contributed by atoms with Gasteiger partial charge in [-0.05, 0) is 55.7 Å². The average molecular weight is 347 g/mol. The Morgan fingerprint density at radius 2 is 1.62 bits per heavy atom. The number of hydrogen-bond donors (Lipinski definition) is 0. The van der Waals surface area contributed by atoms with Gasteiger partial charge >= 0.3 is 0 Å². The van der Waals surface area contributed by atoms with E-state index in [1.165, 1.54) is 12.1 Å². The van der Waals surface area contributed by atoms with Gasteiger partial charge in [-0.15, -0.1) is 11.6 Å². The summed E-state index contributed by atoms with van der Waals surface area (Å²) in [4.78, 5) is 0. The Kier molecular flexibility index (Phi) is 4.67. The molecule has 3 aromatic rings. The Balaban J connectivity index is 2.06. The number of rotatable bonds is 4. The fraction of sp³-hybridized carbons (Fsp3) is 0.211. The van der Waals surface area contributed by atoms with Gasteiger partial charge in [0.1, 0.15) is 11.6 Å². The van der Waals surface area contributed by atoms with Crippen LogP contribution < -0.4 is 0 Å². The first-order chi connectivity index (χ1) is 11.5. The van der Waals surface area contributed by atoms with Crippen molar-refractivity contribution in [2.24, 2.45) is 0 Å². The summed E-state index contributed by atoms with van der Waals surface area (Å²) in [7, 11) is 0. The Bertz CT molecular complexity index is 850.